The summed E-state index contributed by atoms with van der Waals surface area (Å²) in [5.41, 5.74) is 1.76. The van der Waals surface area contributed by atoms with Crippen LogP contribution >= 0.6 is 23.4 Å². The third kappa shape index (κ3) is 5.07. The van der Waals surface area contributed by atoms with Crippen LogP contribution in [0.25, 0.3) is 11.4 Å². The number of sulfonamides is 1. The van der Waals surface area contributed by atoms with Crippen LogP contribution < -0.4 is 0 Å². The number of benzene rings is 2. The molecule has 0 N–H and O–H groups in total. The van der Waals surface area contributed by atoms with Crippen LogP contribution in [0.3, 0.4) is 0 Å². The van der Waals surface area contributed by atoms with Crippen LogP contribution in [0.4, 0.5) is 0 Å². The molecule has 0 amide bonds. The van der Waals surface area contributed by atoms with Crippen molar-refractivity contribution in [2.24, 2.45) is 0 Å². The molecule has 1 aliphatic rings. The highest BCUT2D eigenvalue weighted by Crippen LogP contribution is 2.29. The van der Waals surface area contributed by atoms with Gasteiger partial charge in [-0.3, -0.25) is 4.57 Å². The molecule has 2 heterocycles. The monoisotopic (exact) mass is 490 g/mol. The Labute approximate surface area is 197 Å². The number of halogens is 1. The second-order valence-electron chi connectivity index (χ2n) is 7.17. The summed E-state index contributed by atoms with van der Waals surface area (Å²) in [6.07, 6.45) is 1.77. The molecule has 10 heteroatoms. The van der Waals surface area contributed by atoms with Crippen LogP contribution in [0.1, 0.15) is 5.56 Å². The molecule has 1 aromatic heterocycles. The molecule has 0 aliphatic carbocycles. The summed E-state index contributed by atoms with van der Waals surface area (Å²) in [5, 5.41) is 10.1. The number of hydrogen-bond donors (Lipinski definition) is 0. The fraction of sp³-hybridized carbons (Fsp3) is 0.273. The van der Waals surface area contributed by atoms with Gasteiger partial charge in [-0.2, -0.15) is 4.31 Å². The lowest BCUT2D eigenvalue weighted by molar-refractivity contribution is 0.0730. The van der Waals surface area contributed by atoms with Crippen molar-refractivity contribution in [1.82, 2.24) is 19.1 Å². The van der Waals surface area contributed by atoms with Gasteiger partial charge in [-0.15, -0.1) is 16.8 Å². The highest BCUT2D eigenvalue weighted by Gasteiger charge is 2.27. The van der Waals surface area contributed by atoms with Crippen LogP contribution in [0.2, 0.25) is 5.02 Å². The third-order valence-corrected chi connectivity index (χ3v) is 8.15. The van der Waals surface area contributed by atoms with Gasteiger partial charge in [0.1, 0.15) is 0 Å². The average molecular weight is 491 g/mol. The summed E-state index contributed by atoms with van der Waals surface area (Å²) >= 11 is 7.62. The Bertz CT molecular complexity index is 1210. The summed E-state index contributed by atoms with van der Waals surface area (Å²) in [4.78, 5) is 0.234. The van der Waals surface area contributed by atoms with Crippen LogP contribution in [0, 0.1) is 0 Å². The van der Waals surface area contributed by atoms with E-state index >= 15 is 0 Å². The highest BCUT2D eigenvalue weighted by molar-refractivity contribution is 7.98. The summed E-state index contributed by atoms with van der Waals surface area (Å²) in [7, 11) is -3.60. The van der Waals surface area contributed by atoms with Gasteiger partial charge in [-0.25, -0.2) is 8.42 Å². The highest BCUT2D eigenvalue weighted by atomic mass is 35.5. The molecule has 0 radical (unpaired) electrons. The number of hydrogen-bond acceptors (Lipinski definition) is 6. The van der Waals surface area contributed by atoms with Gasteiger partial charge >= 0.3 is 0 Å². The van der Waals surface area contributed by atoms with E-state index < -0.39 is 10.0 Å². The number of thioether (sulfide) groups is 1. The number of morpholine rings is 1. The fourth-order valence-electron chi connectivity index (χ4n) is 3.41. The van der Waals surface area contributed by atoms with E-state index in [1.165, 1.54) is 16.1 Å². The quantitative estimate of drug-likeness (QED) is 0.349. The van der Waals surface area contributed by atoms with Gasteiger partial charge in [0.2, 0.25) is 10.0 Å². The molecular weight excluding hydrogens is 468 g/mol. The van der Waals surface area contributed by atoms with Crippen molar-refractivity contribution >= 4 is 33.4 Å². The van der Waals surface area contributed by atoms with Crippen molar-refractivity contribution < 1.29 is 13.2 Å². The smallest absolute Gasteiger partial charge is 0.243 e. The summed E-state index contributed by atoms with van der Waals surface area (Å²) in [5.74, 6) is 1.28. The molecular formula is C22H23ClN4O3S2. The zero-order chi connectivity index (χ0) is 22.6. The number of allylic oxidation sites excluding steroid dienone is 1. The molecule has 4 rings (SSSR count). The maximum absolute atomic E-state index is 13.1. The largest absolute Gasteiger partial charge is 0.379 e. The van der Waals surface area contributed by atoms with Crippen LogP contribution in [0.15, 0.2) is 71.2 Å². The minimum atomic E-state index is -3.60. The molecule has 0 atom stereocenters. The second kappa shape index (κ2) is 10.2. The van der Waals surface area contributed by atoms with E-state index in [1.807, 2.05) is 34.9 Å². The van der Waals surface area contributed by atoms with Crippen LogP contribution in [-0.4, -0.2) is 53.8 Å². The first-order valence-corrected chi connectivity index (χ1v) is 12.9. The van der Waals surface area contributed by atoms with Crippen molar-refractivity contribution in [3.63, 3.8) is 0 Å². The second-order valence-corrected chi connectivity index (χ2v) is 10.5. The standard InChI is InChI=1S/C22H23ClN4O3S2/c1-2-9-27-21(24-25-22(27)31-16-17-5-3-7-19(23)14-17)18-6-4-8-20(15-18)32(28,29)26-10-12-30-13-11-26/h2-8,14-15H,1,9-13,16H2. The first-order chi connectivity index (χ1) is 15.5. The van der Waals surface area contributed by atoms with E-state index in [-0.39, 0.29) is 4.90 Å². The van der Waals surface area contributed by atoms with E-state index in [1.54, 1.807) is 24.3 Å². The summed E-state index contributed by atoms with van der Waals surface area (Å²) < 4.78 is 34.8. The maximum atomic E-state index is 13.1. The molecule has 1 aliphatic heterocycles. The Kier molecular flexibility index (Phi) is 7.32. The van der Waals surface area contributed by atoms with E-state index in [4.69, 9.17) is 16.3 Å². The van der Waals surface area contributed by atoms with Gasteiger partial charge in [-0.1, -0.05) is 53.7 Å². The Hall–Kier alpha value is -2.17. The lowest BCUT2D eigenvalue weighted by Crippen LogP contribution is -2.40. The molecule has 0 spiro atoms. The van der Waals surface area contributed by atoms with Crippen molar-refractivity contribution in [1.29, 1.82) is 0 Å². The van der Waals surface area contributed by atoms with Crippen molar-refractivity contribution in [2.75, 3.05) is 26.3 Å². The Morgan fingerprint density at radius 3 is 2.66 bits per heavy atom. The van der Waals surface area contributed by atoms with E-state index in [9.17, 15) is 8.42 Å². The zero-order valence-corrected chi connectivity index (χ0v) is 19.7. The summed E-state index contributed by atoms with van der Waals surface area (Å²) in [6.45, 7) is 5.85. The fourth-order valence-corrected chi connectivity index (χ4v) is 5.97. The molecule has 0 unspecified atom stereocenters. The van der Waals surface area contributed by atoms with Gasteiger partial charge in [0, 0.05) is 36.0 Å². The predicted octanol–water partition coefficient (Wildman–Crippen LogP) is 4.10. The maximum Gasteiger partial charge on any atom is 0.243 e. The lowest BCUT2D eigenvalue weighted by atomic mass is 10.2. The first-order valence-electron chi connectivity index (χ1n) is 10.1. The predicted molar refractivity (Wildman–Crippen MR) is 126 cm³/mol. The van der Waals surface area contributed by atoms with Crippen LogP contribution in [0.5, 0.6) is 0 Å². The summed E-state index contributed by atoms with van der Waals surface area (Å²) in [6, 6.07) is 14.5. The first kappa shape index (κ1) is 23.0. The van der Waals surface area contributed by atoms with Gasteiger partial charge in [0.15, 0.2) is 11.0 Å². The van der Waals surface area contributed by atoms with Gasteiger partial charge in [0.05, 0.1) is 18.1 Å². The van der Waals surface area contributed by atoms with Crippen LogP contribution in [-0.2, 0) is 27.1 Å². The molecule has 168 valence electrons. The molecule has 32 heavy (non-hydrogen) atoms. The molecule has 1 saturated heterocycles. The molecule has 0 saturated carbocycles. The number of rotatable bonds is 8. The molecule has 2 aromatic carbocycles. The average Bonchev–Trinajstić information content (AvgIpc) is 3.21. The van der Waals surface area contributed by atoms with E-state index in [2.05, 4.69) is 16.8 Å². The molecule has 0 bridgehead atoms. The van der Waals surface area contributed by atoms with Crippen molar-refractivity contribution in [2.45, 2.75) is 22.3 Å². The molecule has 7 nitrogen and oxygen atoms in total. The van der Waals surface area contributed by atoms with E-state index in [0.717, 1.165) is 10.7 Å². The minimum absolute atomic E-state index is 0.234. The molecule has 3 aromatic rings. The minimum Gasteiger partial charge on any atom is -0.379 e. The zero-order valence-electron chi connectivity index (χ0n) is 17.4. The van der Waals surface area contributed by atoms with Gasteiger partial charge in [-0.05, 0) is 29.8 Å². The Morgan fingerprint density at radius 1 is 1.12 bits per heavy atom. The van der Waals surface area contributed by atoms with Gasteiger partial charge < -0.3 is 4.74 Å². The SMILES string of the molecule is C=CCn1c(SCc2cccc(Cl)c2)nnc1-c1cccc(S(=O)(=O)N2CCOCC2)c1. The topological polar surface area (TPSA) is 77.3 Å². The third-order valence-electron chi connectivity index (χ3n) is 4.99. The number of nitrogens with zero attached hydrogens (tertiary/aromatic N) is 4. The Balaban J connectivity index is 1.62. The number of ether oxygens (including phenoxy) is 1. The van der Waals surface area contributed by atoms with E-state index in [0.29, 0.717) is 55.0 Å². The van der Waals surface area contributed by atoms with Gasteiger partial charge in [0.25, 0.3) is 0 Å². The van der Waals surface area contributed by atoms with Crippen molar-refractivity contribution in [3.8, 4) is 11.4 Å². The van der Waals surface area contributed by atoms with Crippen molar-refractivity contribution in [3.05, 3.63) is 71.8 Å². The Morgan fingerprint density at radius 2 is 1.91 bits per heavy atom. The number of aromatic nitrogens is 3. The lowest BCUT2D eigenvalue weighted by Gasteiger charge is -2.26. The normalized spacial score (nSPS) is 15.0. The molecule has 1 fully saturated rings.